The van der Waals surface area contributed by atoms with E-state index >= 15 is 0 Å². The molecule has 0 spiro atoms. The maximum absolute atomic E-state index is 14.3. The molecule has 2 aromatic rings. The molecule has 0 amide bonds. The first-order chi connectivity index (χ1) is 10.1. The fourth-order valence-electron chi connectivity index (χ4n) is 2.16. The van der Waals surface area contributed by atoms with Crippen LogP contribution in [-0.4, -0.2) is 18.6 Å². The fourth-order valence-corrected chi connectivity index (χ4v) is 2.99. The molecule has 0 radical (unpaired) electrons. The third kappa shape index (κ3) is 4.25. The summed E-state index contributed by atoms with van der Waals surface area (Å²) in [6.45, 7) is 6.45. The van der Waals surface area contributed by atoms with E-state index in [9.17, 15) is 4.39 Å². The lowest BCUT2D eigenvalue weighted by Crippen LogP contribution is -2.18. The molecule has 114 valence electrons. The van der Waals surface area contributed by atoms with E-state index in [1.165, 1.54) is 4.88 Å². The maximum atomic E-state index is 14.3. The molecule has 3 nitrogen and oxygen atoms in total. The van der Waals surface area contributed by atoms with E-state index in [1.807, 2.05) is 36.5 Å². The second-order valence-electron chi connectivity index (χ2n) is 5.18. The molecule has 0 bridgehead atoms. The number of nitrogens with one attached hydrogen (secondary N) is 1. The van der Waals surface area contributed by atoms with E-state index in [1.54, 1.807) is 17.4 Å². The van der Waals surface area contributed by atoms with Gasteiger partial charge in [0.1, 0.15) is 5.82 Å². The third-order valence-corrected chi connectivity index (χ3v) is 4.32. The molecule has 5 heteroatoms. The Morgan fingerprint density at radius 3 is 2.81 bits per heavy atom. The highest BCUT2D eigenvalue weighted by Crippen LogP contribution is 2.23. The summed E-state index contributed by atoms with van der Waals surface area (Å²) in [7, 11) is 1.91. The first-order valence-corrected chi connectivity index (χ1v) is 8.09. The highest BCUT2D eigenvalue weighted by molar-refractivity contribution is 7.09. The van der Waals surface area contributed by atoms with Crippen molar-refractivity contribution in [3.63, 3.8) is 0 Å². The van der Waals surface area contributed by atoms with Crippen LogP contribution in [0.5, 0.6) is 0 Å². The Morgan fingerprint density at radius 2 is 2.19 bits per heavy atom. The lowest BCUT2D eigenvalue weighted by molar-refractivity contribution is 0.614. The summed E-state index contributed by atoms with van der Waals surface area (Å²) in [6.07, 6.45) is 1.08. The zero-order valence-electron chi connectivity index (χ0n) is 12.8. The molecule has 21 heavy (non-hydrogen) atoms. The Bertz CT molecular complexity index is 583. The summed E-state index contributed by atoms with van der Waals surface area (Å²) in [4.78, 5) is 7.33. The van der Waals surface area contributed by atoms with Crippen molar-refractivity contribution in [2.45, 2.75) is 33.4 Å². The minimum Gasteiger partial charge on any atom is -0.367 e. The summed E-state index contributed by atoms with van der Waals surface area (Å²) in [5.74, 6) is -0.171. The Labute approximate surface area is 129 Å². The Morgan fingerprint density at radius 1 is 1.38 bits per heavy atom. The highest BCUT2D eigenvalue weighted by atomic mass is 32.1. The monoisotopic (exact) mass is 307 g/mol. The molecule has 1 heterocycles. The van der Waals surface area contributed by atoms with Crippen LogP contribution in [0.2, 0.25) is 0 Å². The van der Waals surface area contributed by atoms with Gasteiger partial charge in [-0.1, -0.05) is 13.0 Å². The van der Waals surface area contributed by atoms with E-state index in [0.717, 1.165) is 24.2 Å². The van der Waals surface area contributed by atoms with Crippen molar-refractivity contribution in [1.29, 1.82) is 0 Å². The minimum absolute atomic E-state index is 0.171. The van der Waals surface area contributed by atoms with Gasteiger partial charge in [-0.15, -0.1) is 11.3 Å². The number of hydrogen-bond donors (Lipinski definition) is 1. The molecule has 0 aliphatic carbocycles. The quantitative estimate of drug-likeness (QED) is 0.790. The summed E-state index contributed by atoms with van der Waals surface area (Å²) in [5, 5.41) is 3.28. The lowest BCUT2D eigenvalue weighted by Gasteiger charge is -2.20. The number of thiazole rings is 1. The standard InChI is InChI=1S/C16H22FN3S/c1-4-7-18-9-13-5-6-15(14(17)8-13)20(3)10-16-12(2)19-11-21-16/h5-6,8,11,18H,4,7,9-10H2,1-3H3. The second kappa shape index (κ2) is 7.52. The van der Waals surface area contributed by atoms with Gasteiger partial charge in [-0.25, -0.2) is 9.37 Å². The van der Waals surface area contributed by atoms with Crippen molar-refractivity contribution in [1.82, 2.24) is 10.3 Å². The van der Waals surface area contributed by atoms with E-state index in [4.69, 9.17) is 0 Å². The smallest absolute Gasteiger partial charge is 0.146 e. The van der Waals surface area contributed by atoms with Crippen molar-refractivity contribution < 1.29 is 4.39 Å². The molecule has 0 saturated carbocycles. The average Bonchev–Trinajstić information content (AvgIpc) is 2.84. The van der Waals surface area contributed by atoms with Crippen LogP contribution in [0.25, 0.3) is 0 Å². The second-order valence-corrected chi connectivity index (χ2v) is 6.12. The van der Waals surface area contributed by atoms with Gasteiger partial charge in [0.25, 0.3) is 0 Å². The average molecular weight is 307 g/mol. The lowest BCUT2D eigenvalue weighted by atomic mass is 10.1. The zero-order valence-corrected chi connectivity index (χ0v) is 13.6. The van der Waals surface area contributed by atoms with Crippen molar-refractivity contribution in [3.8, 4) is 0 Å². The number of anilines is 1. The summed E-state index contributed by atoms with van der Waals surface area (Å²) < 4.78 is 14.3. The Kier molecular flexibility index (Phi) is 5.70. The third-order valence-electron chi connectivity index (χ3n) is 3.40. The molecule has 2 rings (SSSR count). The van der Waals surface area contributed by atoms with E-state index in [0.29, 0.717) is 18.8 Å². The van der Waals surface area contributed by atoms with Gasteiger partial charge >= 0.3 is 0 Å². The van der Waals surface area contributed by atoms with Crippen LogP contribution in [0.15, 0.2) is 23.7 Å². The molecule has 0 aliphatic heterocycles. The van der Waals surface area contributed by atoms with Gasteiger partial charge in [0.05, 0.1) is 23.4 Å². The van der Waals surface area contributed by atoms with Crippen molar-refractivity contribution in [3.05, 3.63) is 45.7 Å². The number of rotatable bonds is 7. The largest absolute Gasteiger partial charge is 0.367 e. The number of halogens is 1. The molecule has 0 saturated heterocycles. The van der Waals surface area contributed by atoms with Crippen molar-refractivity contribution in [2.24, 2.45) is 0 Å². The first-order valence-electron chi connectivity index (χ1n) is 7.21. The molecule has 0 aliphatic rings. The van der Waals surface area contributed by atoms with Gasteiger partial charge in [-0.05, 0) is 37.6 Å². The predicted molar refractivity (Wildman–Crippen MR) is 87.4 cm³/mol. The number of hydrogen-bond acceptors (Lipinski definition) is 4. The molecule has 0 fully saturated rings. The SMILES string of the molecule is CCCNCc1ccc(N(C)Cc2scnc2C)c(F)c1. The van der Waals surface area contributed by atoms with Gasteiger partial charge in [-0.2, -0.15) is 0 Å². The van der Waals surface area contributed by atoms with Crippen LogP contribution < -0.4 is 10.2 Å². The van der Waals surface area contributed by atoms with Gasteiger partial charge in [0, 0.05) is 18.5 Å². The molecule has 0 atom stereocenters. The van der Waals surface area contributed by atoms with E-state index < -0.39 is 0 Å². The number of aromatic nitrogens is 1. The van der Waals surface area contributed by atoms with Crippen LogP contribution in [0.4, 0.5) is 10.1 Å². The summed E-state index contributed by atoms with van der Waals surface area (Å²) >= 11 is 1.61. The first kappa shape index (κ1) is 15.9. The van der Waals surface area contributed by atoms with Gasteiger partial charge in [0.2, 0.25) is 0 Å². The van der Waals surface area contributed by atoms with Crippen molar-refractivity contribution >= 4 is 17.0 Å². The van der Waals surface area contributed by atoms with E-state index in [-0.39, 0.29) is 5.82 Å². The molecule has 1 aromatic heterocycles. The van der Waals surface area contributed by atoms with Crippen LogP contribution in [0.3, 0.4) is 0 Å². The molecular weight excluding hydrogens is 285 g/mol. The predicted octanol–water partition coefficient (Wildman–Crippen LogP) is 3.73. The maximum Gasteiger partial charge on any atom is 0.146 e. The number of aryl methyl sites for hydroxylation is 1. The van der Waals surface area contributed by atoms with Crippen LogP contribution in [0.1, 0.15) is 29.5 Å². The van der Waals surface area contributed by atoms with Crippen LogP contribution in [-0.2, 0) is 13.1 Å². The van der Waals surface area contributed by atoms with E-state index in [2.05, 4.69) is 17.2 Å². The zero-order chi connectivity index (χ0) is 15.2. The highest BCUT2D eigenvalue weighted by Gasteiger charge is 2.11. The summed E-state index contributed by atoms with van der Waals surface area (Å²) in [6, 6.07) is 5.46. The van der Waals surface area contributed by atoms with Crippen LogP contribution in [0, 0.1) is 12.7 Å². The van der Waals surface area contributed by atoms with Gasteiger partial charge in [0.15, 0.2) is 0 Å². The van der Waals surface area contributed by atoms with Gasteiger partial charge < -0.3 is 10.2 Å². The molecule has 0 unspecified atom stereocenters. The van der Waals surface area contributed by atoms with Crippen molar-refractivity contribution in [2.75, 3.05) is 18.5 Å². The number of nitrogens with zero attached hydrogens (tertiary/aromatic N) is 2. The Balaban J connectivity index is 2.04. The topological polar surface area (TPSA) is 28.2 Å². The fraction of sp³-hybridized carbons (Fsp3) is 0.438. The summed E-state index contributed by atoms with van der Waals surface area (Å²) in [5.41, 5.74) is 4.46. The molecule has 1 aromatic carbocycles. The minimum atomic E-state index is -0.171. The molecular formula is C16H22FN3S. The van der Waals surface area contributed by atoms with Crippen LogP contribution >= 0.6 is 11.3 Å². The number of benzene rings is 1. The Hall–Kier alpha value is -1.46. The normalized spacial score (nSPS) is 10.9. The molecule has 1 N–H and O–H groups in total. The van der Waals surface area contributed by atoms with Gasteiger partial charge in [-0.3, -0.25) is 0 Å².